The lowest BCUT2D eigenvalue weighted by atomic mass is 9.96. The summed E-state index contributed by atoms with van der Waals surface area (Å²) < 4.78 is 0. The lowest BCUT2D eigenvalue weighted by Crippen LogP contribution is -1.99. The van der Waals surface area contributed by atoms with E-state index in [1.54, 1.807) is 0 Å². The van der Waals surface area contributed by atoms with Crippen molar-refractivity contribution in [2.75, 3.05) is 0 Å². The molecule has 2 heteroatoms. The quantitative estimate of drug-likeness (QED) is 0.0707. The van der Waals surface area contributed by atoms with Gasteiger partial charge in [0.25, 0.3) is 0 Å². The van der Waals surface area contributed by atoms with E-state index in [4.69, 9.17) is 0 Å². The lowest BCUT2D eigenvalue weighted by molar-refractivity contribution is 0.0971. The summed E-state index contributed by atoms with van der Waals surface area (Å²) in [5, 5.41) is 2.39. The highest BCUT2D eigenvalue weighted by molar-refractivity contribution is 6.00. The highest BCUT2D eigenvalue weighted by atomic mass is 16.1. The van der Waals surface area contributed by atoms with Crippen LogP contribution < -0.4 is 0 Å². The molecule has 0 bridgehead atoms. The number of carbonyl (C=O) groups excluding carboxylic acids is 2. The Morgan fingerprint density at radius 3 is 1.20 bits per heavy atom. The number of unbranched alkanes of at least 4 members (excludes halogenated alkanes) is 2. The maximum Gasteiger partial charge on any atom is 0.162 e. The molecule has 0 aromatic heterocycles. The van der Waals surface area contributed by atoms with Crippen LogP contribution in [-0.4, -0.2) is 11.6 Å². The van der Waals surface area contributed by atoms with E-state index in [2.05, 4.69) is 144 Å². The predicted octanol–water partition coefficient (Wildman–Crippen LogP) is 16.7. The number of Topliss-reactive ketones (excluding diaryl/α,β-unsaturated/α-hetero) is 2. The number of hydrogen-bond acceptors (Lipinski definition) is 2. The van der Waals surface area contributed by atoms with Crippen molar-refractivity contribution in [1.29, 1.82) is 0 Å². The molecule has 0 amide bonds. The van der Waals surface area contributed by atoms with E-state index in [0.29, 0.717) is 24.7 Å². The molecule has 0 saturated heterocycles. The van der Waals surface area contributed by atoms with Gasteiger partial charge in [-0.3, -0.25) is 9.59 Å². The summed E-state index contributed by atoms with van der Waals surface area (Å²) >= 11 is 0. The fraction of sp³-hybridized carbons (Fsp3) is 0.547. The van der Waals surface area contributed by atoms with Crippen molar-refractivity contribution in [3.8, 4) is 11.1 Å². The molecule has 302 valence electrons. The van der Waals surface area contributed by atoms with Crippen molar-refractivity contribution >= 4 is 22.3 Å². The van der Waals surface area contributed by atoms with Crippen LogP contribution in [0.25, 0.3) is 21.9 Å². The summed E-state index contributed by atoms with van der Waals surface area (Å²) in [7, 11) is 0. The Hall–Kier alpha value is -3.52. The second-order valence-electron chi connectivity index (χ2n) is 18.2. The molecule has 0 aliphatic carbocycles. The van der Waals surface area contributed by atoms with Crippen LogP contribution in [0.4, 0.5) is 0 Å². The Labute approximate surface area is 338 Å². The summed E-state index contributed by atoms with van der Waals surface area (Å²) in [6.07, 6.45) is 12.2. The topological polar surface area (TPSA) is 34.1 Å². The van der Waals surface area contributed by atoms with Crippen LogP contribution in [0.1, 0.15) is 197 Å². The fourth-order valence-electron chi connectivity index (χ4n) is 6.61. The molecule has 55 heavy (non-hydrogen) atoms. The zero-order valence-corrected chi connectivity index (χ0v) is 37.1. The molecule has 4 aromatic carbocycles. The maximum atomic E-state index is 12.3. The van der Waals surface area contributed by atoms with Crippen molar-refractivity contribution < 1.29 is 9.59 Å². The number of rotatable bonds is 19. The minimum absolute atomic E-state index is 0.264. The van der Waals surface area contributed by atoms with Crippen LogP contribution in [0, 0.1) is 23.7 Å². The summed E-state index contributed by atoms with van der Waals surface area (Å²) in [5.74, 6) is 4.86. The fourth-order valence-corrected chi connectivity index (χ4v) is 6.61. The van der Waals surface area contributed by atoms with Crippen LogP contribution in [0.5, 0.6) is 0 Å². The summed E-state index contributed by atoms with van der Waals surface area (Å²) in [5.41, 5.74) is 6.76. The third kappa shape index (κ3) is 19.3. The van der Waals surface area contributed by atoms with E-state index < -0.39 is 0 Å². The van der Waals surface area contributed by atoms with E-state index >= 15 is 0 Å². The zero-order chi connectivity index (χ0) is 40.9. The molecule has 0 N–H and O–H groups in total. The summed E-state index contributed by atoms with van der Waals surface area (Å²) in [6, 6.07) is 29.4. The number of carbonyl (C=O) groups is 2. The van der Waals surface area contributed by atoms with Crippen LogP contribution in [0.2, 0.25) is 0 Å². The zero-order valence-electron chi connectivity index (χ0n) is 37.1. The van der Waals surface area contributed by atoms with Gasteiger partial charge in [-0.05, 0) is 87.4 Å². The van der Waals surface area contributed by atoms with Crippen LogP contribution in [0.3, 0.4) is 0 Å². The van der Waals surface area contributed by atoms with Gasteiger partial charge in [0.1, 0.15) is 0 Å². The molecule has 0 aliphatic rings. The van der Waals surface area contributed by atoms with Gasteiger partial charge in [0, 0.05) is 24.0 Å². The van der Waals surface area contributed by atoms with Crippen LogP contribution in [-0.2, 0) is 0 Å². The number of fused-ring (bicyclic) bond motifs is 1. The molecule has 0 radical (unpaired) electrons. The third-order valence-corrected chi connectivity index (χ3v) is 10.4. The molecule has 0 unspecified atom stereocenters. The van der Waals surface area contributed by atoms with Gasteiger partial charge in [-0.25, -0.2) is 0 Å². The highest BCUT2D eigenvalue weighted by Gasteiger charge is 2.09. The smallest absolute Gasteiger partial charge is 0.162 e. The first-order chi connectivity index (χ1) is 26.1. The van der Waals surface area contributed by atoms with Crippen molar-refractivity contribution in [2.24, 2.45) is 23.7 Å². The monoisotopic (exact) mass is 747 g/mol. The van der Waals surface area contributed by atoms with E-state index in [-0.39, 0.29) is 11.6 Å². The molecule has 0 saturated carbocycles. The van der Waals surface area contributed by atoms with Gasteiger partial charge in [0.2, 0.25) is 0 Å². The largest absolute Gasteiger partial charge is 0.294 e. The van der Waals surface area contributed by atoms with Crippen molar-refractivity contribution in [2.45, 2.75) is 166 Å². The van der Waals surface area contributed by atoms with Crippen LogP contribution in [0.15, 0.2) is 84.9 Å². The Balaban J connectivity index is 0.000000313. The van der Waals surface area contributed by atoms with E-state index in [1.165, 1.54) is 59.7 Å². The molecular weight excluding hydrogens is 669 g/mol. The SMILES string of the molecule is CC(C)CCCC(C)C.CC(C)CCCCC(=O)c1ccc(-c2ccc(C(C)C)cc2)cc1.CC(C)CCCCC(=O)c1ccc2cc(C(C)C)ccc2c1. The molecule has 0 aliphatic heterocycles. The predicted molar refractivity (Wildman–Crippen MR) is 243 cm³/mol. The van der Waals surface area contributed by atoms with E-state index in [0.717, 1.165) is 65.9 Å². The summed E-state index contributed by atoms with van der Waals surface area (Å²) in [6.45, 7) is 26.9. The van der Waals surface area contributed by atoms with Gasteiger partial charge < -0.3 is 0 Å². The Morgan fingerprint density at radius 1 is 0.382 bits per heavy atom. The third-order valence-electron chi connectivity index (χ3n) is 10.4. The van der Waals surface area contributed by atoms with Gasteiger partial charge >= 0.3 is 0 Å². The second-order valence-corrected chi connectivity index (χ2v) is 18.2. The molecule has 0 heterocycles. The van der Waals surface area contributed by atoms with Crippen LogP contribution >= 0.6 is 0 Å². The molecule has 4 rings (SSSR count). The van der Waals surface area contributed by atoms with Gasteiger partial charge in [-0.1, -0.05) is 207 Å². The normalized spacial score (nSPS) is 11.4. The van der Waals surface area contributed by atoms with Crippen molar-refractivity contribution in [3.05, 3.63) is 107 Å². The standard InChI is InChI=1S/C23H30O.C21H28O.C9H20/c1-17(2)7-5-6-8-23(24)22-15-13-21(14-16-22)20-11-9-19(10-12-20)18(3)4;1-15(2)7-5-6-8-21(22)20-12-11-18-13-17(16(3)4)9-10-19(18)14-20;1-8(2)6-5-7-9(3)4/h9-18H,5-8H2,1-4H3;9-16H,5-8H2,1-4H3;8-9H,5-7H2,1-4H3. The first-order valence-electron chi connectivity index (χ1n) is 21.9. The molecule has 0 spiro atoms. The van der Waals surface area contributed by atoms with Gasteiger partial charge in [-0.15, -0.1) is 0 Å². The molecule has 4 aromatic rings. The van der Waals surface area contributed by atoms with Gasteiger partial charge in [-0.2, -0.15) is 0 Å². The van der Waals surface area contributed by atoms with E-state index in [9.17, 15) is 9.59 Å². The van der Waals surface area contributed by atoms with Gasteiger partial charge in [0.15, 0.2) is 11.6 Å². The molecular formula is C53H78O2. The number of ketones is 2. The molecule has 0 atom stereocenters. The maximum absolute atomic E-state index is 12.3. The Bertz CT molecular complexity index is 1640. The first-order valence-corrected chi connectivity index (χ1v) is 21.9. The highest BCUT2D eigenvalue weighted by Crippen LogP contribution is 2.25. The lowest BCUT2D eigenvalue weighted by Gasteiger charge is -2.08. The summed E-state index contributed by atoms with van der Waals surface area (Å²) in [4.78, 5) is 24.6. The minimum atomic E-state index is 0.264. The van der Waals surface area contributed by atoms with Crippen molar-refractivity contribution in [1.82, 2.24) is 0 Å². The van der Waals surface area contributed by atoms with Crippen molar-refractivity contribution in [3.63, 3.8) is 0 Å². The first kappa shape index (κ1) is 47.6. The van der Waals surface area contributed by atoms with E-state index in [1.807, 2.05) is 24.3 Å². The van der Waals surface area contributed by atoms with Gasteiger partial charge in [0.05, 0.1) is 0 Å². The average Bonchev–Trinajstić information content (AvgIpc) is 3.14. The Morgan fingerprint density at radius 2 is 0.745 bits per heavy atom. The molecule has 0 fully saturated rings. The number of benzene rings is 4. The second kappa shape index (κ2) is 25.6. The average molecular weight is 747 g/mol. The number of hydrogen-bond donors (Lipinski definition) is 0. The Kier molecular flexibility index (Phi) is 22.2. The minimum Gasteiger partial charge on any atom is -0.294 e. The molecule has 2 nitrogen and oxygen atoms in total.